The van der Waals surface area contributed by atoms with Gasteiger partial charge < -0.3 is 0 Å². The van der Waals surface area contributed by atoms with E-state index in [0.29, 0.717) is 0 Å². The van der Waals surface area contributed by atoms with Crippen molar-refractivity contribution in [3.63, 3.8) is 0 Å². The second-order valence-corrected chi connectivity index (χ2v) is 3.79. The molecule has 0 aliphatic carbocycles. The molecule has 0 aliphatic heterocycles. The van der Waals surface area contributed by atoms with Gasteiger partial charge in [-0.2, -0.15) is 0 Å². The highest BCUT2D eigenvalue weighted by Crippen LogP contribution is 1.93. The van der Waals surface area contributed by atoms with E-state index in [4.69, 9.17) is 12.2 Å². The van der Waals surface area contributed by atoms with Crippen molar-refractivity contribution < 1.29 is 0 Å². The van der Waals surface area contributed by atoms with E-state index in [1.165, 1.54) is 13.7 Å². The lowest BCUT2D eigenvalue weighted by Crippen LogP contribution is -2.45. The molecule has 0 amide bonds. The van der Waals surface area contributed by atoms with E-state index in [-0.39, 0.29) is 22.2 Å². The minimum absolute atomic E-state index is 0.164. The van der Waals surface area contributed by atoms with Crippen LogP contribution >= 0.6 is 12.2 Å². The summed E-state index contributed by atoms with van der Waals surface area (Å²) >= 11 is 4.93. The molecule has 0 spiro atoms. The fourth-order valence-electron chi connectivity index (χ4n) is 1.24. The molecule has 6 heteroatoms. The van der Waals surface area contributed by atoms with Gasteiger partial charge in [-0.15, -0.1) is 0 Å². The second-order valence-electron chi connectivity index (χ2n) is 3.43. The molecule has 0 saturated heterocycles. The van der Waals surface area contributed by atoms with Gasteiger partial charge in [-0.25, -0.2) is 14.2 Å². The lowest BCUT2D eigenvalue weighted by molar-refractivity contribution is 0.468. The molecule has 14 heavy (non-hydrogen) atoms. The van der Waals surface area contributed by atoms with Gasteiger partial charge >= 0.3 is 11.4 Å². The summed E-state index contributed by atoms with van der Waals surface area (Å²) in [5, 5.41) is 0. The fraction of sp³-hybridized carbons (Fsp3) is 0.625. The molecule has 0 aromatic carbocycles. The molecule has 0 N–H and O–H groups in total. The van der Waals surface area contributed by atoms with Gasteiger partial charge in [-0.3, -0.25) is 9.13 Å². The molecular formula is C8H13N3O2S. The quantitative estimate of drug-likeness (QED) is 0.629. The highest BCUT2D eigenvalue weighted by molar-refractivity contribution is 7.71. The minimum atomic E-state index is -0.367. The standard InChI is InChI=1S/C8H13N3O2S/c1-5(2)11-6(12)9(3)8(14)10(4)7(11)13/h5H,1-4H3. The van der Waals surface area contributed by atoms with E-state index in [1.807, 2.05) is 0 Å². The smallest absolute Gasteiger partial charge is 0.273 e. The molecular weight excluding hydrogens is 202 g/mol. The van der Waals surface area contributed by atoms with E-state index in [2.05, 4.69) is 0 Å². The molecule has 0 atom stereocenters. The predicted octanol–water partition coefficient (Wildman–Crippen LogP) is 0.196. The summed E-state index contributed by atoms with van der Waals surface area (Å²) < 4.78 is 3.99. The third kappa shape index (κ3) is 1.45. The highest BCUT2D eigenvalue weighted by atomic mass is 32.1. The molecule has 1 heterocycles. The van der Waals surface area contributed by atoms with Crippen LogP contribution in [0.15, 0.2) is 9.59 Å². The van der Waals surface area contributed by atoms with Gasteiger partial charge in [0.25, 0.3) is 0 Å². The summed E-state index contributed by atoms with van der Waals surface area (Å²) in [5.74, 6) is 0. The van der Waals surface area contributed by atoms with Crippen molar-refractivity contribution >= 4 is 12.2 Å². The van der Waals surface area contributed by atoms with Gasteiger partial charge in [0, 0.05) is 20.1 Å². The Morgan fingerprint density at radius 3 is 1.71 bits per heavy atom. The number of rotatable bonds is 1. The van der Waals surface area contributed by atoms with E-state index in [0.717, 1.165) is 0 Å². The Morgan fingerprint density at radius 2 is 1.43 bits per heavy atom. The van der Waals surface area contributed by atoms with E-state index >= 15 is 0 Å². The third-order valence-corrected chi connectivity index (χ3v) is 2.62. The Morgan fingerprint density at radius 1 is 1.07 bits per heavy atom. The van der Waals surface area contributed by atoms with Gasteiger partial charge in [-0.1, -0.05) is 0 Å². The van der Waals surface area contributed by atoms with E-state index in [9.17, 15) is 9.59 Å². The zero-order valence-electron chi connectivity index (χ0n) is 8.64. The number of hydrogen-bond donors (Lipinski definition) is 0. The van der Waals surface area contributed by atoms with Gasteiger partial charge in [0.1, 0.15) is 0 Å². The largest absolute Gasteiger partial charge is 0.334 e. The molecule has 0 radical (unpaired) electrons. The Labute approximate surface area is 86.2 Å². The molecule has 1 rings (SSSR count). The van der Waals surface area contributed by atoms with Crippen LogP contribution < -0.4 is 11.4 Å². The molecule has 78 valence electrons. The molecule has 0 fully saturated rings. The first kappa shape index (κ1) is 10.9. The first-order valence-corrected chi connectivity index (χ1v) is 4.67. The predicted molar refractivity (Wildman–Crippen MR) is 56.1 cm³/mol. The first-order valence-electron chi connectivity index (χ1n) is 4.26. The van der Waals surface area contributed by atoms with Crippen LogP contribution in [0, 0.1) is 4.77 Å². The summed E-state index contributed by atoms with van der Waals surface area (Å²) in [6.45, 7) is 3.57. The van der Waals surface area contributed by atoms with Gasteiger partial charge in [0.15, 0.2) is 4.77 Å². The lowest BCUT2D eigenvalue weighted by Gasteiger charge is -2.12. The fourth-order valence-corrected chi connectivity index (χ4v) is 1.39. The second kappa shape index (κ2) is 3.53. The van der Waals surface area contributed by atoms with Crippen molar-refractivity contribution in [2.24, 2.45) is 14.1 Å². The maximum atomic E-state index is 11.6. The van der Waals surface area contributed by atoms with Crippen molar-refractivity contribution in [3.8, 4) is 0 Å². The Bertz CT molecular complexity index is 481. The molecule has 1 aromatic rings. The van der Waals surface area contributed by atoms with Crippen LogP contribution in [0.4, 0.5) is 0 Å². The summed E-state index contributed by atoms with van der Waals surface area (Å²) in [6, 6.07) is -0.164. The average molecular weight is 215 g/mol. The zero-order chi connectivity index (χ0) is 11.0. The van der Waals surface area contributed by atoms with Crippen LogP contribution in [0.25, 0.3) is 0 Å². The van der Waals surface area contributed by atoms with Crippen molar-refractivity contribution in [3.05, 3.63) is 25.7 Å². The van der Waals surface area contributed by atoms with Crippen LogP contribution in [0.2, 0.25) is 0 Å². The molecule has 0 bridgehead atoms. The summed E-state index contributed by atoms with van der Waals surface area (Å²) in [6.07, 6.45) is 0. The van der Waals surface area contributed by atoms with Crippen molar-refractivity contribution in [2.45, 2.75) is 19.9 Å². The summed E-state index contributed by atoms with van der Waals surface area (Å²) in [5.41, 5.74) is -0.735. The van der Waals surface area contributed by atoms with E-state index < -0.39 is 0 Å². The van der Waals surface area contributed by atoms with Crippen molar-refractivity contribution in [1.29, 1.82) is 0 Å². The maximum Gasteiger partial charge on any atom is 0.334 e. The average Bonchev–Trinajstić information content (AvgIpc) is 2.11. The monoisotopic (exact) mass is 215 g/mol. The van der Waals surface area contributed by atoms with Crippen LogP contribution in [0.3, 0.4) is 0 Å². The van der Waals surface area contributed by atoms with Crippen LogP contribution in [0.5, 0.6) is 0 Å². The Balaban J connectivity index is 3.89. The van der Waals surface area contributed by atoms with Gasteiger partial charge in [-0.05, 0) is 26.1 Å². The number of aromatic nitrogens is 3. The highest BCUT2D eigenvalue weighted by Gasteiger charge is 2.10. The third-order valence-electron chi connectivity index (χ3n) is 2.08. The molecule has 0 unspecified atom stereocenters. The summed E-state index contributed by atoms with van der Waals surface area (Å²) in [7, 11) is 3.12. The van der Waals surface area contributed by atoms with Crippen molar-refractivity contribution in [1.82, 2.24) is 13.7 Å². The maximum absolute atomic E-state index is 11.6. The topological polar surface area (TPSA) is 48.9 Å². The molecule has 0 saturated carbocycles. The van der Waals surface area contributed by atoms with Crippen molar-refractivity contribution in [2.75, 3.05) is 0 Å². The summed E-state index contributed by atoms with van der Waals surface area (Å²) in [4.78, 5) is 23.3. The van der Waals surface area contributed by atoms with Gasteiger partial charge in [0.2, 0.25) is 0 Å². The molecule has 5 nitrogen and oxygen atoms in total. The first-order chi connectivity index (χ1) is 6.37. The number of hydrogen-bond acceptors (Lipinski definition) is 3. The minimum Gasteiger partial charge on any atom is -0.273 e. The number of nitrogens with zero attached hydrogens (tertiary/aromatic N) is 3. The van der Waals surface area contributed by atoms with Crippen LogP contribution in [0.1, 0.15) is 19.9 Å². The van der Waals surface area contributed by atoms with E-state index in [1.54, 1.807) is 27.9 Å². The normalized spacial score (nSPS) is 10.9. The molecule has 1 aromatic heterocycles. The Kier molecular flexibility index (Phi) is 2.75. The zero-order valence-corrected chi connectivity index (χ0v) is 9.46. The van der Waals surface area contributed by atoms with Crippen LogP contribution in [-0.2, 0) is 14.1 Å². The van der Waals surface area contributed by atoms with Crippen LogP contribution in [-0.4, -0.2) is 13.7 Å². The SMILES string of the molecule is CC(C)n1c(=O)n(C)c(=S)n(C)c1=O. The Hall–Kier alpha value is -1.17. The van der Waals surface area contributed by atoms with Gasteiger partial charge in [0.05, 0.1) is 0 Å². The molecule has 0 aliphatic rings. The lowest BCUT2D eigenvalue weighted by atomic mass is 10.4.